The van der Waals surface area contributed by atoms with Gasteiger partial charge in [0.2, 0.25) is 0 Å². The average molecular weight is 413 g/mol. The van der Waals surface area contributed by atoms with E-state index in [1.807, 2.05) is 31.2 Å². The molecule has 3 aromatic carbocycles. The van der Waals surface area contributed by atoms with E-state index in [2.05, 4.69) is 70.9 Å². The number of rotatable bonds is 7. The number of benzene rings is 3. The number of aryl methyl sites for hydroxylation is 1. The molecular weight excluding hydrogens is 380 g/mol. The molecule has 0 atom stereocenters. The van der Waals surface area contributed by atoms with Crippen LogP contribution >= 0.6 is 0 Å². The van der Waals surface area contributed by atoms with Crippen LogP contribution in [0, 0.1) is 6.92 Å². The molecule has 1 fully saturated rings. The Morgan fingerprint density at radius 3 is 2.10 bits per heavy atom. The van der Waals surface area contributed by atoms with Gasteiger partial charge in [-0.3, -0.25) is 4.79 Å². The van der Waals surface area contributed by atoms with Crippen molar-refractivity contribution in [3.8, 4) is 0 Å². The summed E-state index contributed by atoms with van der Waals surface area (Å²) in [6, 6.07) is 29.7. The monoisotopic (exact) mass is 412 g/mol. The van der Waals surface area contributed by atoms with Crippen LogP contribution in [-0.4, -0.2) is 36.5 Å². The van der Waals surface area contributed by atoms with Gasteiger partial charge in [0.05, 0.1) is 0 Å². The minimum absolute atomic E-state index is 0.0513. The predicted molar refractivity (Wildman–Crippen MR) is 127 cm³/mol. The largest absolute Gasteiger partial charge is 0.349 e. The van der Waals surface area contributed by atoms with E-state index < -0.39 is 0 Å². The van der Waals surface area contributed by atoms with E-state index in [4.69, 9.17) is 0 Å². The SMILES string of the molecule is Cc1cccc(C(=O)NC2CCN(CCC(c3ccccc3)c3ccccc3)CC2)c1. The van der Waals surface area contributed by atoms with E-state index >= 15 is 0 Å². The van der Waals surface area contributed by atoms with Crippen molar-refractivity contribution in [1.29, 1.82) is 0 Å². The Kier molecular flexibility index (Phi) is 7.16. The molecule has 0 unspecified atom stereocenters. The number of piperidine rings is 1. The van der Waals surface area contributed by atoms with Crippen molar-refractivity contribution in [3.63, 3.8) is 0 Å². The van der Waals surface area contributed by atoms with Crippen molar-refractivity contribution in [2.24, 2.45) is 0 Å². The number of carbonyl (C=O) groups is 1. The van der Waals surface area contributed by atoms with Gasteiger partial charge < -0.3 is 10.2 Å². The van der Waals surface area contributed by atoms with Crippen LogP contribution in [0.25, 0.3) is 0 Å². The zero-order valence-corrected chi connectivity index (χ0v) is 18.3. The molecule has 4 rings (SSSR count). The van der Waals surface area contributed by atoms with Crippen molar-refractivity contribution < 1.29 is 4.79 Å². The highest BCUT2D eigenvalue weighted by molar-refractivity contribution is 5.94. The summed E-state index contributed by atoms with van der Waals surface area (Å²) in [4.78, 5) is 15.1. The number of amides is 1. The summed E-state index contributed by atoms with van der Waals surface area (Å²) in [6.45, 7) is 5.17. The normalized spacial score (nSPS) is 15.2. The van der Waals surface area contributed by atoms with Gasteiger partial charge in [0, 0.05) is 30.6 Å². The van der Waals surface area contributed by atoms with Crippen molar-refractivity contribution in [2.75, 3.05) is 19.6 Å². The molecule has 1 amide bonds. The molecule has 0 aromatic heterocycles. The van der Waals surface area contributed by atoms with E-state index in [0.29, 0.717) is 5.92 Å². The second kappa shape index (κ2) is 10.4. The zero-order chi connectivity index (χ0) is 21.5. The second-order valence-corrected chi connectivity index (χ2v) is 8.62. The van der Waals surface area contributed by atoms with Gasteiger partial charge in [0.1, 0.15) is 0 Å². The fourth-order valence-corrected chi connectivity index (χ4v) is 4.56. The Morgan fingerprint density at radius 1 is 0.903 bits per heavy atom. The molecule has 0 spiro atoms. The van der Waals surface area contributed by atoms with Crippen LogP contribution in [0.1, 0.15) is 52.2 Å². The molecule has 1 aliphatic heterocycles. The minimum Gasteiger partial charge on any atom is -0.349 e. The summed E-state index contributed by atoms with van der Waals surface area (Å²) >= 11 is 0. The van der Waals surface area contributed by atoms with Gasteiger partial charge in [-0.2, -0.15) is 0 Å². The fourth-order valence-electron chi connectivity index (χ4n) is 4.56. The van der Waals surface area contributed by atoms with Crippen LogP contribution in [-0.2, 0) is 0 Å². The van der Waals surface area contributed by atoms with Crippen LogP contribution in [0.3, 0.4) is 0 Å². The van der Waals surface area contributed by atoms with Crippen LogP contribution < -0.4 is 5.32 Å². The molecule has 0 bridgehead atoms. The second-order valence-electron chi connectivity index (χ2n) is 8.62. The summed E-state index contributed by atoms with van der Waals surface area (Å²) in [5, 5.41) is 3.23. The molecule has 1 N–H and O–H groups in total. The third-order valence-corrected chi connectivity index (χ3v) is 6.34. The molecule has 0 aliphatic carbocycles. The Hall–Kier alpha value is -2.91. The minimum atomic E-state index is 0.0513. The van der Waals surface area contributed by atoms with E-state index in [9.17, 15) is 4.79 Å². The molecule has 1 saturated heterocycles. The van der Waals surface area contributed by atoms with E-state index in [1.165, 1.54) is 11.1 Å². The summed E-state index contributed by atoms with van der Waals surface area (Å²) in [7, 11) is 0. The maximum atomic E-state index is 12.6. The lowest BCUT2D eigenvalue weighted by Gasteiger charge is -2.33. The number of nitrogens with zero attached hydrogens (tertiary/aromatic N) is 1. The number of carbonyl (C=O) groups excluding carboxylic acids is 1. The van der Waals surface area contributed by atoms with Gasteiger partial charge >= 0.3 is 0 Å². The van der Waals surface area contributed by atoms with Gasteiger partial charge in [-0.05, 0) is 56.0 Å². The average Bonchev–Trinajstić information content (AvgIpc) is 2.82. The first-order chi connectivity index (χ1) is 15.2. The van der Waals surface area contributed by atoms with E-state index in [-0.39, 0.29) is 11.9 Å². The number of hydrogen-bond acceptors (Lipinski definition) is 2. The highest BCUT2D eigenvalue weighted by Gasteiger charge is 2.22. The Morgan fingerprint density at radius 2 is 1.52 bits per heavy atom. The van der Waals surface area contributed by atoms with E-state index in [1.54, 1.807) is 0 Å². The summed E-state index contributed by atoms with van der Waals surface area (Å²) in [6.07, 6.45) is 3.13. The number of likely N-dealkylation sites (tertiary alicyclic amines) is 1. The highest BCUT2D eigenvalue weighted by Crippen LogP contribution is 2.28. The number of nitrogens with one attached hydrogen (secondary N) is 1. The van der Waals surface area contributed by atoms with Crippen molar-refractivity contribution in [3.05, 3.63) is 107 Å². The number of hydrogen-bond donors (Lipinski definition) is 1. The maximum absolute atomic E-state index is 12.6. The molecule has 0 saturated carbocycles. The maximum Gasteiger partial charge on any atom is 0.251 e. The van der Waals surface area contributed by atoms with Gasteiger partial charge in [-0.1, -0.05) is 78.4 Å². The molecule has 160 valence electrons. The molecule has 1 heterocycles. The van der Waals surface area contributed by atoms with Crippen LogP contribution in [0.4, 0.5) is 0 Å². The third kappa shape index (κ3) is 5.83. The van der Waals surface area contributed by atoms with Crippen LogP contribution in [0.15, 0.2) is 84.9 Å². The lowest BCUT2D eigenvalue weighted by Crippen LogP contribution is -2.45. The molecule has 3 heteroatoms. The molecule has 1 aliphatic rings. The van der Waals surface area contributed by atoms with Gasteiger partial charge in [0.15, 0.2) is 0 Å². The lowest BCUT2D eigenvalue weighted by atomic mass is 9.88. The zero-order valence-electron chi connectivity index (χ0n) is 18.3. The van der Waals surface area contributed by atoms with E-state index in [0.717, 1.165) is 50.0 Å². The van der Waals surface area contributed by atoms with Crippen LogP contribution in [0.5, 0.6) is 0 Å². The molecule has 31 heavy (non-hydrogen) atoms. The summed E-state index contributed by atoms with van der Waals surface area (Å²) in [5.41, 5.74) is 4.65. The quantitative estimate of drug-likeness (QED) is 0.563. The molecular formula is C28H32N2O. The molecule has 0 radical (unpaired) electrons. The summed E-state index contributed by atoms with van der Waals surface area (Å²) in [5.74, 6) is 0.469. The lowest BCUT2D eigenvalue weighted by molar-refractivity contribution is 0.0910. The molecule has 3 aromatic rings. The van der Waals surface area contributed by atoms with Crippen LogP contribution in [0.2, 0.25) is 0 Å². The fraction of sp³-hybridized carbons (Fsp3) is 0.321. The third-order valence-electron chi connectivity index (χ3n) is 6.34. The first-order valence-corrected chi connectivity index (χ1v) is 11.4. The predicted octanol–water partition coefficient (Wildman–Crippen LogP) is 5.41. The topological polar surface area (TPSA) is 32.3 Å². The van der Waals surface area contributed by atoms with Crippen molar-refractivity contribution >= 4 is 5.91 Å². The first kappa shape index (κ1) is 21.3. The van der Waals surface area contributed by atoms with Gasteiger partial charge in [-0.15, -0.1) is 0 Å². The van der Waals surface area contributed by atoms with Crippen molar-refractivity contribution in [1.82, 2.24) is 10.2 Å². The smallest absolute Gasteiger partial charge is 0.251 e. The Bertz CT molecular complexity index is 923. The van der Waals surface area contributed by atoms with Crippen molar-refractivity contribution in [2.45, 2.75) is 38.1 Å². The summed E-state index contributed by atoms with van der Waals surface area (Å²) < 4.78 is 0. The standard InChI is InChI=1S/C28H32N2O/c1-22-9-8-14-25(21-22)28(31)29-26-15-18-30(19-16-26)20-17-27(23-10-4-2-5-11-23)24-12-6-3-7-13-24/h2-14,21,26-27H,15-20H2,1H3,(H,29,31). The van der Waals surface area contributed by atoms with Gasteiger partial charge in [-0.25, -0.2) is 0 Å². The Balaban J connectivity index is 1.30. The Labute approximate surface area is 186 Å². The highest BCUT2D eigenvalue weighted by atomic mass is 16.1. The first-order valence-electron chi connectivity index (χ1n) is 11.4. The van der Waals surface area contributed by atoms with Gasteiger partial charge in [0.25, 0.3) is 5.91 Å². The molecule has 3 nitrogen and oxygen atoms in total.